The van der Waals surface area contributed by atoms with Gasteiger partial charge in [0.25, 0.3) is 0 Å². The minimum absolute atomic E-state index is 0.764. The van der Waals surface area contributed by atoms with Crippen LogP contribution in [0.15, 0.2) is 6.07 Å². The Bertz CT molecular complexity index is 342. The van der Waals surface area contributed by atoms with E-state index in [-0.39, 0.29) is 0 Å². The number of hydrogen-bond acceptors (Lipinski definition) is 3. The first-order valence-corrected chi connectivity index (χ1v) is 6.60. The highest BCUT2D eigenvalue weighted by atomic mass is 16.5. The topological polar surface area (TPSA) is 39.1 Å². The summed E-state index contributed by atoms with van der Waals surface area (Å²) in [7, 11) is 2.01. The van der Waals surface area contributed by atoms with Crippen LogP contribution in [0.4, 0.5) is 0 Å². The molecule has 17 heavy (non-hydrogen) atoms. The summed E-state index contributed by atoms with van der Waals surface area (Å²) in [6.07, 6.45) is 3.46. The van der Waals surface area contributed by atoms with Crippen LogP contribution in [0.2, 0.25) is 0 Å². The zero-order valence-corrected chi connectivity index (χ0v) is 10.9. The molecule has 0 spiro atoms. The van der Waals surface area contributed by atoms with Crippen molar-refractivity contribution in [2.45, 2.75) is 32.7 Å². The molecule has 2 rings (SSSR count). The van der Waals surface area contributed by atoms with Gasteiger partial charge in [0.15, 0.2) is 0 Å². The summed E-state index contributed by atoms with van der Waals surface area (Å²) in [5.74, 6) is 0.764. The lowest BCUT2D eigenvalue weighted by Crippen LogP contribution is -2.19. The number of ether oxygens (including phenoxy) is 1. The highest BCUT2D eigenvalue weighted by Crippen LogP contribution is 2.15. The molecular formula is C13H23N3O. The van der Waals surface area contributed by atoms with E-state index in [2.05, 4.69) is 23.4 Å². The number of aryl methyl sites for hydroxylation is 2. The van der Waals surface area contributed by atoms with Crippen LogP contribution < -0.4 is 5.32 Å². The average Bonchev–Trinajstić information content (AvgIpc) is 2.94. The predicted octanol–water partition coefficient (Wildman–Crippen LogP) is 1.50. The summed E-state index contributed by atoms with van der Waals surface area (Å²) < 4.78 is 7.34. The molecule has 1 atom stereocenters. The standard InChI is InChI=1S/C13H23N3O/c1-3-12-8-13(16(2)15-12)9-14-6-4-11-5-7-17-10-11/h8,11,14H,3-7,9-10H2,1-2H3. The van der Waals surface area contributed by atoms with Crippen molar-refractivity contribution in [2.24, 2.45) is 13.0 Å². The first-order chi connectivity index (χ1) is 8.29. The van der Waals surface area contributed by atoms with Crippen LogP contribution in [0.25, 0.3) is 0 Å². The Labute approximate surface area is 103 Å². The van der Waals surface area contributed by atoms with Gasteiger partial charge in [0.2, 0.25) is 0 Å². The Hall–Kier alpha value is -0.870. The van der Waals surface area contributed by atoms with E-state index in [0.29, 0.717) is 0 Å². The Balaban J connectivity index is 1.68. The molecule has 1 unspecified atom stereocenters. The van der Waals surface area contributed by atoms with E-state index in [1.54, 1.807) is 0 Å². The molecule has 1 aliphatic rings. The molecule has 96 valence electrons. The van der Waals surface area contributed by atoms with Gasteiger partial charge in [-0.05, 0) is 37.8 Å². The zero-order chi connectivity index (χ0) is 12.1. The summed E-state index contributed by atoms with van der Waals surface area (Å²) in [4.78, 5) is 0. The smallest absolute Gasteiger partial charge is 0.0625 e. The van der Waals surface area contributed by atoms with Crippen molar-refractivity contribution in [1.29, 1.82) is 0 Å². The molecule has 4 heteroatoms. The third-order valence-corrected chi connectivity index (χ3v) is 3.45. The Morgan fingerprint density at radius 1 is 1.59 bits per heavy atom. The van der Waals surface area contributed by atoms with Gasteiger partial charge in [-0.25, -0.2) is 0 Å². The summed E-state index contributed by atoms with van der Waals surface area (Å²) in [5.41, 5.74) is 2.44. The molecule has 1 aromatic heterocycles. The zero-order valence-electron chi connectivity index (χ0n) is 10.9. The second-order valence-corrected chi connectivity index (χ2v) is 4.80. The SMILES string of the molecule is CCc1cc(CNCCC2CCOC2)n(C)n1. The van der Waals surface area contributed by atoms with Crippen LogP contribution in [0.1, 0.15) is 31.2 Å². The molecule has 4 nitrogen and oxygen atoms in total. The Morgan fingerprint density at radius 3 is 3.12 bits per heavy atom. The van der Waals surface area contributed by atoms with E-state index in [9.17, 15) is 0 Å². The number of hydrogen-bond donors (Lipinski definition) is 1. The maximum Gasteiger partial charge on any atom is 0.0625 e. The van der Waals surface area contributed by atoms with E-state index in [1.165, 1.54) is 24.2 Å². The highest BCUT2D eigenvalue weighted by molar-refractivity contribution is 5.09. The van der Waals surface area contributed by atoms with Crippen molar-refractivity contribution in [3.05, 3.63) is 17.5 Å². The molecular weight excluding hydrogens is 214 g/mol. The predicted molar refractivity (Wildman–Crippen MR) is 67.8 cm³/mol. The van der Waals surface area contributed by atoms with Crippen LogP contribution in [0, 0.1) is 5.92 Å². The molecule has 2 heterocycles. The van der Waals surface area contributed by atoms with Crippen LogP contribution >= 0.6 is 0 Å². The summed E-state index contributed by atoms with van der Waals surface area (Å²) in [6.45, 7) is 6.02. The first-order valence-electron chi connectivity index (χ1n) is 6.60. The number of aromatic nitrogens is 2. The maximum absolute atomic E-state index is 5.37. The molecule has 0 saturated carbocycles. The van der Waals surface area contributed by atoms with Crippen LogP contribution in [0.5, 0.6) is 0 Å². The van der Waals surface area contributed by atoms with Gasteiger partial charge < -0.3 is 10.1 Å². The highest BCUT2D eigenvalue weighted by Gasteiger charge is 2.14. The molecule has 0 aromatic carbocycles. The molecule has 1 saturated heterocycles. The van der Waals surface area contributed by atoms with Gasteiger partial charge in [-0.15, -0.1) is 0 Å². The molecule has 1 N–H and O–H groups in total. The largest absolute Gasteiger partial charge is 0.381 e. The lowest BCUT2D eigenvalue weighted by atomic mass is 10.1. The van der Waals surface area contributed by atoms with Crippen molar-refractivity contribution >= 4 is 0 Å². The van der Waals surface area contributed by atoms with Crippen molar-refractivity contribution in [2.75, 3.05) is 19.8 Å². The van der Waals surface area contributed by atoms with Crippen LogP contribution in [-0.2, 0) is 24.8 Å². The molecule has 0 bridgehead atoms. The molecule has 1 aromatic rings. The molecule has 0 radical (unpaired) electrons. The fraction of sp³-hybridized carbons (Fsp3) is 0.769. The van der Waals surface area contributed by atoms with E-state index in [0.717, 1.165) is 38.6 Å². The second kappa shape index (κ2) is 6.17. The number of rotatable bonds is 6. The van der Waals surface area contributed by atoms with Gasteiger partial charge >= 0.3 is 0 Å². The fourth-order valence-electron chi connectivity index (χ4n) is 2.24. The number of nitrogens with one attached hydrogen (secondary N) is 1. The molecule has 0 amide bonds. The van der Waals surface area contributed by atoms with E-state index in [4.69, 9.17) is 4.74 Å². The summed E-state index contributed by atoms with van der Waals surface area (Å²) in [5, 5.41) is 7.93. The quantitative estimate of drug-likeness (QED) is 0.762. The maximum atomic E-state index is 5.37. The lowest BCUT2D eigenvalue weighted by Gasteiger charge is -2.08. The molecule has 0 aliphatic carbocycles. The minimum Gasteiger partial charge on any atom is -0.381 e. The van der Waals surface area contributed by atoms with E-state index in [1.807, 2.05) is 11.7 Å². The van der Waals surface area contributed by atoms with Gasteiger partial charge in [0.05, 0.1) is 11.4 Å². The van der Waals surface area contributed by atoms with Crippen LogP contribution in [-0.4, -0.2) is 29.5 Å². The molecule has 1 fully saturated rings. The third-order valence-electron chi connectivity index (χ3n) is 3.45. The van der Waals surface area contributed by atoms with Gasteiger partial charge in [0, 0.05) is 26.8 Å². The lowest BCUT2D eigenvalue weighted by molar-refractivity contribution is 0.184. The van der Waals surface area contributed by atoms with Crippen molar-refractivity contribution < 1.29 is 4.74 Å². The van der Waals surface area contributed by atoms with Gasteiger partial charge in [-0.3, -0.25) is 4.68 Å². The van der Waals surface area contributed by atoms with Crippen molar-refractivity contribution in [3.8, 4) is 0 Å². The minimum atomic E-state index is 0.764. The first kappa shape index (κ1) is 12.6. The van der Waals surface area contributed by atoms with Crippen LogP contribution in [0.3, 0.4) is 0 Å². The van der Waals surface area contributed by atoms with E-state index >= 15 is 0 Å². The summed E-state index contributed by atoms with van der Waals surface area (Å²) in [6, 6.07) is 2.19. The fourth-order valence-corrected chi connectivity index (χ4v) is 2.24. The third kappa shape index (κ3) is 3.54. The summed E-state index contributed by atoms with van der Waals surface area (Å²) >= 11 is 0. The van der Waals surface area contributed by atoms with Crippen molar-refractivity contribution in [1.82, 2.24) is 15.1 Å². The van der Waals surface area contributed by atoms with Gasteiger partial charge in [0.1, 0.15) is 0 Å². The average molecular weight is 237 g/mol. The molecule has 1 aliphatic heterocycles. The second-order valence-electron chi connectivity index (χ2n) is 4.80. The Morgan fingerprint density at radius 2 is 2.47 bits per heavy atom. The van der Waals surface area contributed by atoms with Gasteiger partial charge in [-0.2, -0.15) is 5.10 Å². The normalized spacial score (nSPS) is 20.0. The van der Waals surface area contributed by atoms with Gasteiger partial charge in [-0.1, -0.05) is 6.92 Å². The van der Waals surface area contributed by atoms with E-state index < -0.39 is 0 Å². The monoisotopic (exact) mass is 237 g/mol. The Kier molecular flexibility index (Phi) is 4.57. The number of nitrogens with zero attached hydrogens (tertiary/aromatic N) is 2. The van der Waals surface area contributed by atoms with Crippen molar-refractivity contribution in [3.63, 3.8) is 0 Å².